The van der Waals surface area contributed by atoms with Crippen LogP contribution >= 0.6 is 0 Å². The minimum absolute atomic E-state index is 0.554. The van der Waals surface area contributed by atoms with Crippen molar-refractivity contribution in [2.75, 3.05) is 5.73 Å². The molecule has 0 atom stereocenters. The molecule has 2 aromatic heterocycles. The molecule has 0 saturated heterocycles. The van der Waals surface area contributed by atoms with E-state index in [9.17, 15) is 0 Å². The molecular weight excluding hydrogens is 174 g/mol. The first-order valence-electron chi connectivity index (χ1n) is 4.46. The monoisotopic (exact) mass is 185 g/mol. The van der Waals surface area contributed by atoms with Crippen LogP contribution in [-0.2, 0) is 6.42 Å². The molecule has 0 spiro atoms. The third-order valence-electron chi connectivity index (χ3n) is 1.92. The molecule has 0 aliphatic rings. The third-order valence-corrected chi connectivity index (χ3v) is 1.92. The summed E-state index contributed by atoms with van der Waals surface area (Å²) in [6.07, 6.45) is 2.51. The lowest BCUT2D eigenvalue weighted by Crippen LogP contribution is -1.97. The number of pyridine rings is 2. The van der Waals surface area contributed by atoms with Crippen LogP contribution in [0.15, 0.2) is 42.6 Å². The minimum Gasteiger partial charge on any atom is -0.384 e. The maximum absolute atomic E-state index is 5.58. The van der Waals surface area contributed by atoms with Crippen molar-refractivity contribution in [1.29, 1.82) is 0 Å². The van der Waals surface area contributed by atoms with Gasteiger partial charge >= 0.3 is 0 Å². The summed E-state index contributed by atoms with van der Waals surface area (Å²) in [7, 11) is 0. The van der Waals surface area contributed by atoms with Crippen molar-refractivity contribution < 1.29 is 0 Å². The molecule has 2 rings (SSSR count). The van der Waals surface area contributed by atoms with Gasteiger partial charge in [-0.05, 0) is 24.3 Å². The van der Waals surface area contributed by atoms with Gasteiger partial charge < -0.3 is 5.73 Å². The van der Waals surface area contributed by atoms with Crippen LogP contribution in [0.2, 0.25) is 0 Å². The summed E-state index contributed by atoms with van der Waals surface area (Å²) in [6, 6.07) is 11.5. The van der Waals surface area contributed by atoms with E-state index < -0.39 is 0 Å². The Labute approximate surface area is 82.6 Å². The standard InChI is InChI=1S/C11H11N3/c12-11-6-3-5-10(14-11)8-9-4-1-2-7-13-9/h1-7H,8H2,(H2,12,14). The molecule has 3 heteroatoms. The van der Waals surface area contributed by atoms with E-state index in [1.165, 1.54) is 0 Å². The van der Waals surface area contributed by atoms with E-state index in [-0.39, 0.29) is 0 Å². The number of hydrogen-bond acceptors (Lipinski definition) is 3. The first-order chi connectivity index (χ1) is 6.84. The van der Waals surface area contributed by atoms with E-state index in [0.29, 0.717) is 5.82 Å². The van der Waals surface area contributed by atoms with E-state index in [4.69, 9.17) is 5.73 Å². The zero-order chi connectivity index (χ0) is 9.80. The Kier molecular flexibility index (Phi) is 2.40. The molecule has 0 amide bonds. The lowest BCUT2D eigenvalue weighted by atomic mass is 10.2. The molecule has 0 aliphatic heterocycles. The Morgan fingerprint density at radius 2 is 1.86 bits per heavy atom. The molecule has 0 aliphatic carbocycles. The number of anilines is 1. The van der Waals surface area contributed by atoms with E-state index in [2.05, 4.69) is 9.97 Å². The molecular formula is C11H11N3. The summed E-state index contributed by atoms with van der Waals surface area (Å²) in [5.74, 6) is 0.554. The van der Waals surface area contributed by atoms with Crippen LogP contribution in [0.5, 0.6) is 0 Å². The van der Waals surface area contributed by atoms with Gasteiger partial charge in [-0.3, -0.25) is 4.98 Å². The van der Waals surface area contributed by atoms with E-state index in [1.54, 1.807) is 12.3 Å². The van der Waals surface area contributed by atoms with Crippen molar-refractivity contribution in [3.63, 3.8) is 0 Å². The van der Waals surface area contributed by atoms with E-state index in [1.807, 2.05) is 30.3 Å². The Bertz CT molecular complexity index is 412. The summed E-state index contributed by atoms with van der Waals surface area (Å²) >= 11 is 0. The fourth-order valence-corrected chi connectivity index (χ4v) is 1.28. The number of nitrogen functional groups attached to an aromatic ring is 1. The van der Waals surface area contributed by atoms with Crippen LogP contribution in [0.3, 0.4) is 0 Å². The highest BCUT2D eigenvalue weighted by Gasteiger charge is 1.97. The van der Waals surface area contributed by atoms with Crippen molar-refractivity contribution in [3.8, 4) is 0 Å². The summed E-state index contributed by atoms with van der Waals surface area (Å²) in [4.78, 5) is 8.43. The van der Waals surface area contributed by atoms with E-state index in [0.717, 1.165) is 17.8 Å². The first kappa shape index (κ1) is 8.69. The molecule has 70 valence electrons. The predicted molar refractivity (Wildman–Crippen MR) is 55.7 cm³/mol. The molecule has 0 radical (unpaired) electrons. The third kappa shape index (κ3) is 2.07. The van der Waals surface area contributed by atoms with Gasteiger partial charge in [-0.1, -0.05) is 12.1 Å². The highest BCUT2D eigenvalue weighted by atomic mass is 14.8. The maximum atomic E-state index is 5.58. The first-order valence-corrected chi connectivity index (χ1v) is 4.46. The lowest BCUT2D eigenvalue weighted by molar-refractivity contribution is 1.02. The number of aromatic nitrogens is 2. The Morgan fingerprint density at radius 3 is 2.57 bits per heavy atom. The smallest absolute Gasteiger partial charge is 0.123 e. The molecule has 0 saturated carbocycles. The van der Waals surface area contributed by atoms with Gasteiger partial charge in [-0.25, -0.2) is 4.98 Å². The van der Waals surface area contributed by atoms with Crippen LogP contribution in [0, 0.1) is 0 Å². The number of rotatable bonds is 2. The van der Waals surface area contributed by atoms with Gasteiger partial charge in [0.2, 0.25) is 0 Å². The highest BCUT2D eigenvalue weighted by molar-refractivity contribution is 5.30. The number of nitrogens with two attached hydrogens (primary N) is 1. The average Bonchev–Trinajstić information content (AvgIpc) is 2.19. The average molecular weight is 185 g/mol. The molecule has 0 unspecified atom stereocenters. The second-order valence-corrected chi connectivity index (χ2v) is 3.05. The minimum atomic E-state index is 0.554. The number of hydrogen-bond donors (Lipinski definition) is 1. The molecule has 2 heterocycles. The topological polar surface area (TPSA) is 51.8 Å². The molecule has 0 aromatic carbocycles. The molecule has 0 bridgehead atoms. The summed E-state index contributed by atoms with van der Waals surface area (Å²) in [5.41, 5.74) is 7.53. The van der Waals surface area contributed by atoms with Gasteiger partial charge in [0, 0.05) is 24.0 Å². The molecule has 14 heavy (non-hydrogen) atoms. The Hall–Kier alpha value is -1.90. The molecule has 2 N–H and O–H groups in total. The van der Waals surface area contributed by atoms with Crippen molar-refractivity contribution in [2.45, 2.75) is 6.42 Å². The van der Waals surface area contributed by atoms with E-state index >= 15 is 0 Å². The molecule has 2 aromatic rings. The Morgan fingerprint density at radius 1 is 1.00 bits per heavy atom. The second kappa shape index (κ2) is 3.87. The maximum Gasteiger partial charge on any atom is 0.123 e. The van der Waals surface area contributed by atoms with Crippen molar-refractivity contribution in [1.82, 2.24) is 9.97 Å². The quantitative estimate of drug-likeness (QED) is 0.774. The van der Waals surface area contributed by atoms with Gasteiger partial charge in [-0.2, -0.15) is 0 Å². The van der Waals surface area contributed by atoms with Crippen LogP contribution in [0.1, 0.15) is 11.4 Å². The van der Waals surface area contributed by atoms with Gasteiger partial charge in [0.25, 0.3) is 0 Å². The van der Waals surface area contributed by atoms with Crippen LogP contribution < -0.4 is 5.73 Å². The van der Waals surface area contributed by atoms with Gasteiger partial charge in [0.15, 0.2) is 0 Å². The van der Waals surface area contributed by atoms with Crippen molar-refractivity contribution in [2.24, 2.45) is 0 Å². The van der Waals surface area contributed by atoms with Crippen LogP contribution in [-0.4, -0.2) is 9.97 Å². The molecule has 0 fully saturated rings. The zero-order valence-corrected chi connectivity index (χ0v) is 7.72. The zero-order valence-electron chi connectivity index (χ0n) is 7.72. The SMILES string of the molecule is Nc1cccc(Cc2ccccn2)n1. The Balaban J connectivity index is 2.19. The van der Waals surface area contributed by atoms with Crippen molar-refractivity contribution in [3.05, 3.63) is 54.0 Å². The largest absolute Gasteiger partial charge is 0.384 e. The van der Waals surface area contributed by atoms with Gasteiger partial charge in [0.05, 0.1) is 0 Å². The predicted octanol–water partition coefficient (Wildman–Crippen LogP) is 1.65. The summed E-state index contributed by atoms with van der Waals surface area (Å²) in [6.45, 7) is 0. The second-order valence-electron chi connectivity index (χ2n) is 3.05. The van der Waals surface area contributed by atoms with Crippen LogP contribution in [0.25, 0.3) is 0 Å². The summed E-state index contributed by atoms with van der Waals surface area (Å²) in [5, 5.41) is 0. The fraction of sp³-hybridized carbons (Fsp3) is 0.0909. The van der Waals surface area contributed by atoms with Crippen LogP contribution in [0.4, 0.5) is 5.82 Å². The highest BCUT2D eigenvalue weighted by Crippen LogP contribution is 2.05. The summed E-state index contributed by atoms with van der Waals surface area (Å²) < 4.78 is 0. The molecule has 3 nitrogen and oxygen atoms in total. The number of nitrogens with zero attached hydrogens (tertiary/aromatic N) is 2. The normalized spacial score (nSPS) is 10.0. The van der Waals surface area contributed by atoms with Crippen molar-refractivity contribution >= 4 is 5.82 Å². The fourth-order valence-electron chi connectivity index (χ4n) is 1.28. The van der Waals surface area contributed by atoms with Gasteiger partial charge in [-0.15, -0.1) is 0 Å². The lowest BCUT2D eigenvalue weighted by Gasteiger charge is -2.00. The van der Waals surface area contributed by atoms with Gasteiger partial charge in [0.1, 0.15) is 5.82 Å².